The number of hydrogen-bond acceptors (Lipinski definition) is 7. The number of carbonyl (C=O) groups excluding carboxylic acids is 1. The molecule has 1 aromatic carbocycles. The van der Waals surface area contributed by atoms with E-state index in [1.54, 1.807) is 12.0 Å². The fourth-order valence-corrected chi connectivity index (χ4v) is 5.23. The first-order valence-electron chi connectivity index (χ1n) is 14.0. The Hall–Kier alpha value is -3.33. The molecular formula is C30H40N4O5. The molecule has 1 amide bonds. The predicted molar refractivity (Wildman–Crippen MR) is 150 cm³/mol. The van der Waals surface area contributed by atoms with Crippen LogP contribution in [0.25, 0.3) is 11.0 Å². The van der Waals surface area contributed by atoms with E-state index in [4.69, 9.17) is 29.0 Å². The minimum Gasteiger partial charge on any atom is -0.497 e. The van der Waals surface area contributed by atoms with Crippen LogP contribution >= 0.6 is 0 Å². The van der Waals surface area contributed by atoms with E-state index in [1.165, 1.54) is 0 Å². The van der Waals surface area contributed by atoms with Crippen LogP contribution in [-0.2, 0) is 16.0 Å². The van der Waals surface area contributed by atoms with E-state index in [0.29, 0.717) is 54.8 Å². The second-order valence-electron chi connectivity index (χ2n) is 11.6. The molecule has 0 unspecified atom stereocenters. The number of amides is 1. The first-order chi connectivity index (χ1) is 18.8. The predicted octanol–water partition coefficient (Wildman–Crippen LogP) is 5.98. The van der Waals surface area contributed by atoms with Crippen LogP contribution in [0.15, 0.2) is 36.5 Å². The number of aromatic nitrogens is 3. The third-order valence-electron chi connectivity index (χ3n) is 7.26. The Labute approximate surface area is 230 Å². The smallest absolute Gasteiger partial charge is 0.414 e. The van der Waals surface area contributed by atoms with Crippen molar-refractivity contribution in [3.05, 3.63) is 42.1 Å². The maximum absolute atomic E-state index is 13.7. The van der Waals surface area contributed by atoms with Gasteiger partial charge in [-0.05, 0) is 82.9 Å². The van der Waals surface area contributed by atoms with Gasteiger partial charge in [0.2, 0.25) is 5.88 Å². The lowest BCUT2D eigenvalue weighted by atomic mass is 9.99. The molecule has 3 heterocycles. The van der Waals surface area contributed by atoms with Gasteiger partial charge in [0, 0.05) is 25.8 Å². The highest BCUT2D eigenvalue weighted by Gasteiger charge is 2.30. The van der Waals surface area contributed by atoms with Crippen molar-refractivity contribution >= 4 is 22.8 Å². The summed E-state index contributed by atoms with van der Waals surface area (Å²) in [5, 5.41) is 4.91. The van der Waals surface area contributed by atoms with Crippen LogP contribution in [0.2, 0.25) is 0 Å². The molecule has 0 N–H and O–H groups in total. The number of benzene rings is 1. The summed E-state index contributed by atoms with van der Waals surface area (Å²) in [5.41, 5.74) is 2.46. The third-order valence-corrected chi connectivity index (χ3v) is 7.26. The fraction of sp³-hybridized carbons (Fsp3) is 0.567. The zero-order valence-electron chi connectivity index (χ0n) is 23.5. The second kappa shape index (κ2) is 11.8. The number of rotatable bonds is 8. The maximum atomic E-state index is 13.7. The first-order valence-corrected chi connectivity index (χ1v) is 14.0. The van der Waals surface area contributed by atoms with Gasteiger partial charge < -0.3 is 18.9 Å². The lowest BCUT2D eigenvalue weighted by Crippen LogP contribution is -2.41. The molecule has 5 rings (SSSR count). The SMILES string of the molecule is COc1ccc(Cn2cc3nc(OC4CCCC4)cc(N(CC4CCOCC4)C(=O)OC(C)(C)C)c3n2)cc1. The van der Waals surface area contributed by atoms with Crippen molar-refractivity contribution in [2.75, 3.05) is 31.8 Å². The minimum absolute atomic E-state index is 0.141. The van der Waals surface area contributed by atoms with E-state index >= 15 is 0 Å². The average molecular weight is 537 g/mol. The summed E-state index contributed by atoms with van der Waals surface area (Å²) in [7, 11) is 1.66. The van der Waals surface area contributed by atoms with Gasteiger partial charge in [-0.2, -0.15) is 5.10 Å². The van der Waals surface area contributed by atoms with Crippen molar-refractivity contribution in [1.82, 2.24) is 14.8 Å². The molecule has 1 saturated heterocycles. The van der Waals surface area contributed by atoms with E-state index < -0.39 is 11.7 Å². The fourth-order valence-electron chi connectivity index (χ4n) is 5.23. The van der Waals surface area contributed by atoms with Crippen LogP contribution in [0.3, 0.4) is 0 Å². The maximum Gasteiger partial charge on any atom is 0.414 e. The minimum atomic E-state index is -0.631. The highest BCUT2D eigenvalue weighted by atomic mass is 16.6. The van der Waals surface area contributed by atoms with Crippen LogP contribution in [0.1, 0.15) is 64.9 Å². The van der Waals surface area contributed by atoms with Crippen molar-refractivity contribution in [3.8, 4) is 11.6 Å². The molecule has 9 heteroatoms. The molecule has 0 radical (unpaired) electrons. The Kier molecular flexibility index (Phi) is 8.26. The molecule has 0 atom stereocenters. The molecule has 210 valence electrons. The lowest BCUT2D eigenvalue weighted by molar-refractivity contribution is 0.0515. The highest BCUT2D eigenvalue weighted by Crippen LogP contribution is 2.34. The van der Waals surface area contributed by atoms with Crippen molar-refractivity contribution in [1.29, 1.82) is 0 Å². The van der Waals surface area contributed by atoms with Crippen LogP contribution in [0, 0.1) is 5.92 Å². The van der Waals surface area contributed by atoms with E-state index in [2.05, 4.69) is 0 Å². The van der Waals surface area contributed by atoms with E-state index in [-0.39, 0.29) is 6.10 Å². The van der Waals surface area contributed by atoms with Crippen molar-refractivity contribution < 1.29 is 23.7 Å². The molecule has 2 aromatic heterocycles. The van der Waals surface area contributed by atoms with E-state index in [1.807, 2.05) is 62.0 Å². The summed E-state index contributed by atoms with van der Waals surface area (Å²) in [6.07, 6.45) is 7.82. The molecule has 0 bridgehead atoms. The monoisotopic (exact) mass is 536 g/mol. The topological polar surface area (TPSA) is 87.9 Å². The van der Waals surface area contributed by atoms with Crippen molar-refractivity contribution in [2.45, 2.75) is 77.5 Å². The quantitative estimate of drug-likeness (QED) is 0.350. The number of methoxy groups -OCH3 is 1. The van der Waals surface area contributed by atoms with Gasteiger partial charge in [0.25, 0.3) is 0 Å². The van der Waals surface area contributed by atoms with Gasteiger partial charge in [0.1, 0.15) is 28.5 Å². The molecule has 3 aromatic rings. The Morgan fingerprint density at radius 1 is 1.10 bits per heavy atom. The third kappa shape index (κ3) is 7.01. The van der Waals surface area contributed by atoms with Gasteiger partial charge in [0.05, 0.1) is 25.5 Å². The summed E-state index contributed by atoms with van der Waals surface area (Å²) >= 11 is 0. The number of fused-ring (bicyclic) bond motifs is 1. The number of carbonyl (C=O) groups is 1. The second-order valence-corrected chi connectivity index (χ2v) is 11.6. The Bertz CT molecular complexity index is 1250. The highest BCUT2D eigenvalue weighted by molar-refractivity contribution is 5.98. The largest absolute Gasteiger partial charge is 0.497 e. The molecule has 1 aliphatic carbocycles. The van der Waals surface area contributed by atoms with Gasteiger partial charge in [0.15, 0.2) is 0 Å². The van der Waals surface area contributed by atoms with Gasteiger partial charge in [-0.1, -0.05) is 12.1 Å². The number of ether oxygens (including phenoxy) is 4. The van der Waals surface area contributed by atoms with Crippen LogP contribution in [-0.4, -0.2) is 59.4 Å². The zero-order chi connectivity index (χ0) is 27.4. The summed E-state index contributed by atoms with van der Waals surface area (Å²) < 4.78 is 25.0. The van der Waals surface area contributed by atoms with Crippen LogP contribution < -0.4 is 14.4 Å². The van der Waals surface area contributed by atoms with Crippen molar-refractivity contribution in [2.24, 2.45) is 5.92 Å². The first kappa shape index (κ1) is 27.2. The lowest BCUT2D eigenvalue weighted by Gasteiger charge is -2.32. The van der Waals surface area contributed by atoms with Gasteiger partial charge in [-0.25, -0.2) is 9.78 Å². The van der Waals surface area contributed by atoms with Gasteiger partial charge >= 0.3 is 6.09 Å². The normalized spacial score (nSPS) is 16.9. The molecule has 0 spiro atoms. The van der Waals surface area contributed by atoms with Gasteiger partial charge in [-0.15, -0.1) is 0 Å². The summed E-state index contributed by atoms with van der Waals surface area (Å²) in [5.74, 6) is 1.63. The molecule has 39 heavy (non-hydrogen) atoms. The van der Waals surface area contributed by atoms with E-state index in [9.17, 15) is 4.79 Å². The summed E-state index contributed by atoms with van der Waals surface area (Å²) in [6.45, 7) is 8.14. The Balaban J connectivity index is 1.53. The zero-order valence-corrected chi connectivity index (χ0v) is 23.5. The number of pyridine rings is 1. The van der Waals surface area contributed by atoms with E-state index in [0.717, 1.165) is 49.8 Å². The molecule has 2 fully saturated rings. The molecule has 2 aliphatic rings. The molecular weight excluding hydrogens is 496 g/mol. The molecule has 1 saturated carbocycles. The summed E-state index contributed by atoms with van der Waals surface area (Å²) in [4.78, 5) is 20.2. The summed E-state index contributed by atoms with van der Waals surface area (Å²) in [6, 6.07) is 9.79. The van der Waals surface area contributed by atoms with Crippen molar-refractivity contribution in [3.63, 3.8) is 0 Å². The molecule has 1 aliphatic heterocycles. The Morgan fingerprint density at radius 2 is 1.82 bits per heavy atom. The van der Waals surface area contributed by atoms with Gasteiger partial charge in [-0.3, -0.25) is 9.58 Å². The molecule has 9 nitrogen and oxygen atoms in total. The van der Waals surface area contributed by atoms with Crippen LogP contribution in [0.4, 0.5) is 10.5 Å². The number of anilines is 1. The average Bonchev–Trinajstić information content (AvgIpc) is 3.56. The number of nitrogens with zero attached hydrogens (tertiary/aromatic N) is 4. The van der Waals surface area contributed by atoms with Crippen LogP contribution in [0.5, 0.6) is 11.6 Å². The Morgan fingerprint density at radius 3 is 2.49 bits per heavy atom. The standard InChI is InChI=1S/C30H40N4O5/c1-30(2,3)39-29(35)34(19-22-13-15-37-16-14-22)26-17-27(38-24-7-5-6-8-24)31-25-20-33(32-28(25)26)18-21-9-11-23(36-4)12-10-21/h9-12,17,20,22,24H,5-8,13-16,18-19H2,1-4H3. The number of hydrogen-bond donors (Lipinski definition) is 0.